The van der Waals surface area contributed by atoms with E-state index in [0.29, 0.717) is 128 Å². The van der Waals surface area contributed by atoms with Crippen molar-refractivity contribution in [2.24, 2.45) is 28.2 Å². The third kappa shape index (κ3) is 15.7. The van der Waals surface area contributed by atoms with Crippen molar-refractivity contribution in [1.29, 1.82) is 0 Å². The molecular formula is C90H92N12O22. The number of H-pyrrole nitrogens is 4. The molecule has 0 amide bonds. The van der Waals surface area contributed by atoms with Gasteiger partial charge in [0, 0.05) is 223 Å². The average molecular weight is 1690 g/mol. The first-order valence-corrected chi connectivity index (χ1v) is 40.4. The number of rotatable bonds is 18. The summed E-state index contributed by atoms with van der Waals surface area (Å²) in [6, 6.07) is 30.5. The topological polar surface area (TPSA) is 476 Å². The molecule has 2 aliphatic carbocycles. The van der Waals surface area contributed by atoms with Gasteiger partial charge in [0.15, 0.2) is 22.3 Å². The van der Waals surface area contributed by atoms with Gasteiger partial charge in [-0.2, -0.15) is 0 Å². The Balaban J connectivity index is 0.000000123. The van der Waals surface area contributed by atoms with Gasteiger partial charge in [0.05, 0.1) is 85.5 Å². The van der Waals surface area contributed by atoms with Crippen LogP contribution in [-0.2, 0) is 86.6 Å². The number of pyridine rings is 4. The molecule has 2 fully saturated rings. The smallest absolute Gasteiger partial charge is 0.345 e. The molecule has 34 heteroatoms. The summed E-state index contributed by atoms with van der Waals surface area (Å²) in [5, 5.41) is 93.5. The fraction of sp³-hybridized carbons (Fsp3) is 0.311. The molecule has 34 nitrogen and oxygen atoms in total. The molecule has 15 N–H and O–H groups in total. The molecule has 19 rings (SSSR count). The molecule has 12 heterocycles. The lowest BCUT2D eigenvalue weighted by Crippen LogP contribution is -2.34. The normalized spacial score (nSPS) is 14.1. The lowest BCUT2D eigenvalue weighted by atomic mass is 9.93. The molecule has 6 aliphatic rings. The molecule has 644 valence electrons. The number of ether oxygens (including phenoxy) is 6. The highest BCUT2D eigenvalue weighted by molar-refractivity contribution is 5.99. The summed E-state index contributed by atoms with van der Waals surface area (Å²) in [7, 11) is 15.2. The molecule has 0 bridgehead atoms. The highest BCUT2D eigenvalue weighted by Crippen LogP contribution is 2.46. The van der Waals surface area contributed by atoms with Gasteiger partial charge in [-0.15, -0.1) is 0 Å². The Hall–Kier alpha value is -14.2. The van der Waals surface area contributed by atoms with Gasteiger partial charge in [0.25, 0.3) is 22.2 Å². The summed E-state index contributed by atoms with van der Waals surface area (Å²) < 4.78 is 42.8. The number of aromatic carboxylic acids is 4. The van der Waals surface area contributed by atoms with E-state index in [4.69, 9.17) is 28.4 Å². The molecule has 13 aromatic rings. The van der Waals surface area contributed by atoms with E-state index < -0.39 is 91.4 Å². The first-order valence-electron chi connectivity index (χ1n) is 40.4. The minimum Gasteiger partial charge on any atom is -0.506 e. The summed E-state index contributed by atoms with van der Waals surface area (Å²) >= 11 is 0. The average Bonchev–Trinajstić information content (AvgIpc) is 1.57. The lowest BCUT2D eigenvalue weighted by molar-refractivity contribution is 0.0680. The molecule has 5 aromatic carbocycles. The number of hydrogen-bond acceptors (Lipinski definition) is 22. The van der Waals surface area contributed by atoms with Gasteiger partial charge in [-0.25, -0.2) is 19.2 Å². The second-order valence-corrected chi connectivity index (χ2v) is 31.8. The molecule has 0 spiro atoms. The van der Waals surface area contributed by atoms with E-state index in [9.17, 15) is 79.2 Å². The van der Waals surface area contributed by atoms with Gasteiger partial charge in [-0.3, -0.25) is 19.2 Å². The van der Waals surface area contributed by atoms with E-state index in [0.717, 1.165) is 103 Å². The van der Waals surface area contributed by atoms with E-state index in [-0.39, 0.29) is 39.3 Å². The minimum atomic E-state index is -1.48. The highest BCUT2D eigenvalue weighted by atomic mass is 16.5. The molecule has 0 unspecified atom stereocenters. The predicted octanol–water partition coefficient (Wildman–Crippen LogP) is 9.75. The summed E-state index contributed by atoms with van der Waals surface area (Å²) in [5.74, 6) is -4.05. The van der Waals surface area contributed by atoms with Crippen molar-refractivity contribution in [3.8, 4) is 103 Å². The Bertz CT molecular complexity index is 6820. The second-order valence-electron chi connectivity index (χ2n) is 31.8. The molecule has 0 radical (unpaired) electrons. The summed E-state index contributed by atoms with van der Waals surface area (Å²) in [6.45, 7) is 4.53. The maximum Gasteiger partial charge on any atom is 0.345 e. The molecule has 0 saturated heterocycles. The number of benzene rings is 5. The lowest BCUT2D eigenvalue weighted by Gasteiger charge is -2.26. The zero-order valence-corrected chi connectivity index (χ0v) is 69.1. The molecule has 0 atom stereocenters. The Labute approximate surface area is 705 Å². The second kappa shape index (κ2) is 33.7. The van der Waals surface area contributed by atoms with Crippen molar-refractivity contribution >= 4 is 67.5 Å². The van der Waals surface area contributed by atoms with Gasteiger partial charge in [-0.05, 0) is 94.4 Å². The number of carboxylic acids is 4. The van der Waals surface area contributed by atoms with Crippen molar-refractivity contribution in [3.05, 3.63) is 205 Å². The number of fused-ring (bicyclic) bond motifs is 16. The number of aromatic nitrogens is 8. The standard InChI is InChI=1S/C27H27N3O7.C22H23N3O5.C21H21N3O5.C20H21N3O5/c1-30-16(13-28-12-14-4-5-17(35-2)10-21(14)36-3)8-15-9-19-22(11-20(15)30)37-7-6-18-24(19)29-26(32)23(25(18)31)27(33)34;1-25-13(10-23-12-3-2-4-12)7-11-8-15-17(9-16(11)25)30-6-5-14-19(15)24-21(27)18(20(14)26)22(28)29;1-24-12(9-22-11-2-3-11)6-10-7-14-16(8-15(10)24)29-5-4-13-18(14)23-20(26)17(19(13)25)21(27)28;1-22(2)9-11-6-10-7-13-15(8-14(10)23(11)3)28-5-4-12-17(13)21-19(25)16(18(12)24)20(26)27/h4-5,8-11,28H,6-7,12-13H2,1-3H3,(H,33,34)(H2,29,31,32);7-9,12,23H,2-6,10H2,1H3,(H,28,29)(H2,24,26,27);6-8,11,22H,2-5,9H2,1H3,(H,27,28)(H2,23,25,26);6-8H,4-5,9H2,1-3H3,(H,26,27)(H2,21,24,25). The van der Waals surface area contributed by atoms with Crippen LogP contribution < -0.4 is 66.6 Å². The van der Waals surface area contributed by atoms with Crippen LogP contribution in [0, 0.1) is 0 Å². The van der Waals surface area contributed by atoms with Gasteiger partial charge in [0.2, 0.25) is 0 Å². The maximum absolute atomic E-state index is 12.4. The number of aryl methyl sites for hydroxylation is 4. The first kappa shape index (κ1) is 83.4. The van der Waals surface area contributed by atoms with Crippen LogP contribution in [0.3, 0.4) is 0 Å². The molecule has 8 aromatic heterocycles. The number of carboxylic acid groups (broad SMARTS) is 4. The maximum atomic E-state index is 12.4. The predicted molar refractivity (Wildman–Crippen MR) is 459 cm³/mol. The minimum absolute atomic E-state index is 0.229. The number of hydrogen-bond donors (Lipinski definition) is 15. The monoisotopic (exact) mass is 1690 g/mol. The van der Waals surface area contributed by atoms with Crippen LogP contribution >= 0.6 is 0 Å². The van der Waals surface area contributed by atoms with E-state index in [1.807, 2.05) is 115 Å². The van der Waals surface area contributed by atoms with Crippen LogP contribution in [0.4, 0.5) is 0 Å². The Morgan fingerprint density at radius 1 is 0.419 bits per heavy atom. The summed E-state index contributed by atoms with van der Waals surface area (Å²) in [6.07, 6.45) is 7.29. The Morgan fingerprint density at radius 2 is 0.734 bits per heavy atom. The molecule has 124 heavy (non-hydrogen) atoms. The van der Waals surface area contributed by atoms with Gasteiger partial charge < -0.3 is 128 Å². The number of nitrogens with one attached hydrogen (secondary N) is 7. The number of methoxy groups -OCH3 is 2. The molecular weight excluding hydrogens is 1600 g/mol. The molecule has 4 aliphatic heterocycles. The Kier molecular flexibility index (Phi) is 22.6. The van der Waals surface area contributed by atoms with Crippen molar-refractivity contribution in [2.75, 3.05) is 54.7 Å². The number of aromatic hydroxyl groups is 4. The third-order valence-corrected chi connectivity index (χ3v) is 23.9. The Morgan fingerprint density at radius 3 is 1.02 bits per heavy atom. The van der Waals surface area contributed by atoms with E-state index in [1.165, 1.54) is 32.1 Å². The van der Waals surface area contributed by atoms with Crippen molar-refractivity contribution in [3.63, 3.8) is 0 Å². The van der Waals surface area contributed by atoms with Crippen LogP contribution in [0.25, 0.3) is 88.6 Å². The summed E-state index contributed by atoms with van der Waals surface area (Å²) in [4.78, 5) is 108. The van der Waals surface area contributed by atoms with Crippen molar-refractivity contribution in [2.45, 2.75) is 103 Å². The third-order valence-electron chi connectivity index (χ3n) is 23.9. The number of aromatic amines is 4. The zero-order valence-electron chi connectivity index (χ0n) is 69.1. The van der Waals surface area contributed by atoms with Gasteiger partial charge >= 0.3 is 23.9 Å². The highest BCUT2D eigenvalue weighted by Gasteiger charge is 2.34. The van der Waals surface area contributed by atoms with Gasteiger partial charge in [-0.1, -0.05) is 12.5 Å². The number of nitrogens with zero attached hydrogens (tertiary/aromatic N) is 5. The van der Waals surface area contributed by atoms with Crippen molar-refractivity contribution < 1.29 is 88.5 Å². The van der Waals surface area contributed by atoms with Crippen LogP contribution in [0.15, 0.2) is 110 Å². The largest absolute Gasteiger partial charge is 0.506 e. The fourth-order valence-corrected chi connectivity index (χ4v) is 16.9. The van der Waals surface area contributed by atoms with E-state index in [2.05, 4.69) is 77.3 Å². The quantitative estimate of drug-likeness (QED) is 0.0380. The first-order chi connectivity index (χ1) is 59.5. The van der Waals surface area contributed by atoms with Gasteiger partial charge in [0.1, 0.15) is 57.5 Å². The van der Waals surface area contributed by atoms with E-state index in [1.54, 1.807) is 14.2 Å². The summed E-state index contributed by atoms with van der Waals surface area (Å²) in [5.41, 5.74) is 9.06. The molecule has 2 saturated carbocycles. The zero-order chi connectivity index (χ0) is 87.7. The van der Waals surface area contributed by atoms with E-state index >= 15 is 0 Å². The van der Waals surface area contributed by atoms with Crippen LogP contribution in [0.5, 0.6) is 57.5 Å². The fourth-order valence-electron chi connectivity index (χ4n) is 16.9. The van der Waals surface area contributed by atoms with Crippen LogP contribution in [0.2, 0.25) is 0 Å². The van der Waals surface area contributed by atoms with Crippen molar-refractivity contribution in [1.82, 2.24) is 59.1 Å². The number of carbonyl (C=O) groups is 4. The van der Waals surface area contributed by atoms with Crippen LogP contribution in [-0.4, -0.2) is 175 Å². The van der Waals surface area contributed by atoms with Crippen LogP contribution in [0.1, 0.15) is 124 Å². The SMILES string of the molecule is CN(C)Cc1cc2cc3c(cc2n1C)OCCc1c-3[nH]c(=O)c(C(=O)O)c1O.COc1ccc(CNCc2cc3cc4c(cc3n2C)OCCc2c-4[nH]c(=O)c(C(=O)O)c2O)c(OC)c1.Cn1c(CNC2CC2)cc2cc3c(cc21)OCCc1c-3[nH]c(=O)c(C(=O)O)c1O.Cn1c(CNC2CCC2)cc2cc3c(cc21)OCCc1c-3[nH]c(=O)c(C(=O)O)c1O.